The molecule has 0 atom stereocenters. The average molecular weight is 257 g/mol. The van der Waals surface area contributed by atoms with Crippen molar-refractivity contribution in [2.75, 3.05) is 13.1 Å². The summed E-state index contributed by atoms with van der Waals surface area (Å²) in [6.07, 6.45) is 0.980. The first-order chi connectivity index (χ1) is 7.95. The first-order valence-electron chi connectivity index (χ1n) is 5.20. The molecule has 0 aliphatic rings. The molecule has 1 amide bonds. The van der Waals surface area contributed by atoms with Gasteiger partial charge in [-0.1, -0.05) is 23.8 Å². The van der Waals surface area contributed by atoms with E-state index in [2.05, 4.69) is 11.6 Å². The summed E-state index contributed by atoms with van der Waals surface area (Å²) in [6, 6.07) is 1.10. The summed E-state index contributed by atoms with van der Waals surface area (Å²) in [6.45, 7) is 8.32. The molecule has 92 valence electrons. The SMILES string of the molecule is C=C(C)CN(CC)C(=O)c1cc(F)cnc1Cl. The van der Waals surface area contributed by atoms with Gasteiger partial charge in [0.05, 0.1) is 11.8 Å². The molecule has 17 heavy (non-hydrogen) atoms. The maximum atomic E-state index is 13.0. The quantitative estimate of drug-likeness (QED) is 0.613. The van der Waals surface area contributed by atoms with Crippen LogP contribution in [0.4, 0.5) is 4.39 Å². The summed E-state index contributed by atoms with van der Waals surface area (Å²) in [5, 5.41) is 0.0107. The zero-order valence-electron chi connectivity index (χ0n) is 9.83. The molecule has 1 heterocycles. The number of carbonyl (C=O) groups excluding carboxylic acids is 1. The Bertz CT molecular complexity index is 448. The molecule has 5 heteroatoms. The molecule has 1 aromatic rings. The number of likely N-dealkylation sites (N-methyl/N-ethyl adjacent to an activating group) is 1. The molecule has 0 saturated heterocycles. The number of halogens is 2. The van der Waals surface area contributed by atoms with Crippen molar-refractivity contribution >= 4 is 17.5 Å². The molecule has 0 aromatic carbocycles. The van der Waals surface area contributed by atoms with Crippen molar-refractivity contribution in [1.82, 2.24) is 9.88 Å². The number of amides is 1. The first kappa shape index (κ1) is 13.6. The summed E-state index contributed by atoms with van der Waals surface area (Å²) in [5.41, 5.74) is 0.926. The van der Waals surface area contributed by atoms with Gasteiger partial charge in [0, 0.05) is 13.1 Å². The molecular formula is C12H14ClFN2O. The third kappa shape index (κ3) is 3.53. The monoisotopic (exact) mass is 256 g/mol. The summed E-state index contributed by atoms with van der Waals surface area (Å²) < 4.78 is 13.0. The summed E-state index contributed by atoms with van der Waals surface area (Å²) in [7, 11) is 0. The van der Waals surface area contributed by atoms with E-state index in [1.54, 1.807) is 0 Å². The number of hydrogen-bond donors (Lipinski definition) is 0. The van der Waals surface area contributed by atoms with Gasteiger partial charge in [0.1, 0.15) is 11.0 Å². The topological polar surface area (TPSA) is 33.2 Å². The van der Waals surface area contributed by atoms with E-state index in [0.717, 1.165) is 17.8 Å². The van der Waals surface area contributed by atoms with Crippen molar-refractivity contribution in [3.05, 3.63) is 40.9 Å². The highest BCUT2D eigenvalue weighted by atomic mass is 35.5. The lowest BCUT2D eigenvalue weighted by molar-refractivity contribution is 0.0777. The van der Waals surface area contributed by atoms with Crippen LogP contribution in [-0.4, -0.2) is 28.9 Å². The van der Waals surface area contributed by atoms with Crippen LogP contribution in [0.1, 0.15) is 24.2 Å². The number of carbonyl (C=O) groups is 1. The molecule has 0 bridgehead atoms. The predicted octanol–water partition coefficient (Wildman–Crippen LogP) is 2.91. The lowest BCUT2D eigenvalue weighted by Crippen LogP contribution is -2.32. The maximum absolute atomic E-state index is 13.0. The number of rotatable bonds is 4. The third-order valence-electron chi connectivity index (χ3n) is 2.17. The van der Waals surface area contributed by atoms with Crippen molar-refractivity contribution in [2.24, 2.45) is 0 Å². The minimum atomic E-state index is -0.580. The Morgan fingerprint density at radius 1 is 1.65 bits per heavy atom. The zero-order valence-corrected chi connectivity index (χ0v) is 10.6. The predicted molar refractivity (Wildman–Crippen MR) is 65.6 cm³/mol. The molecular weight excluding hydrogens is 243 g/mol. The van der Waals surface area contributed by atoms with E-state index >= 15 is 0 Å². The van der Waals surface area contributed by atoms with Gasteiger partial charge in [0.2, 0.25) is 0 Å². The fraction of sp³-hybridized carbons (Fsp3) is 0.333. The number of hydrogen-bond acceptors (Lipinski definition) is 2. The molecule has 1 aromatic heterocycles. The lowest BCUT2D eigenvalue weighted by Gasteiger charge is -2.21. The van der Waals surface area contributed by atoms with E-state index in [4.69, 9.17) is 11.6 Å². The second-order valence-corrected chi connectivity index (χ2v) is 4.13. The highest BCUT2D eigenvalue weighted by Gasteiger charge is 2.18. The molecule has 0 unspecified atom stereocenters. The molecule has 3 nitrogen and oxygen atoms in total. The summed E-state index contributed by atoms with van der Waals surface area (Å²) in [5.74, 6) is -0.920. The van der Waals surface area contributed by atoms with Crippen molar-refractivity contribution in [1.29, 1.82) is 0 Å². The van der Waals surface area contributed by atoms with Crippen LogP contribution < -0.4 is 0 Å². The molecule has 0 fully saturated rings. The molecule has 0 aliphatic carbocycles. The standard InChI is InChI=1S/C12H14ClFN2O/c1-4-16(7-8(2)3)12(17)10-5-9(14)6-15-11(10)13/h5-6H,2,4,7H2,1,3H3. The van der Waals surface area contributed by atoms with Gasteiger partial charge in [0.25, 0.3) is 5.91 Å². The van der Waals surface area contributed by atoms with Crippen LogP contribution in [-0.2, 0) is 0 Å². The molecule has 1 rings (SSSR count). The number of nitrogens with zero attached hydrogens (tertiary/aromatic N) is 2. The maximum Gasteiger partial charge on any atom is 0.257 e. The van der Waals surface area contributed by atoms with Gasteiger partial charge in [-0.25, -0.2) is 9.37 Å². The van der Waals surface area contributed by atoms with E-state index in [1.807, 2.05) is 13.8 Å². The van der Waals surface area contributed by atoms with Crippen molar-refractivity contribution < 1.29 is 9.18 Å². The molecule has 0 N–H and O–H groups in total. The van der Waals surface area contributed by atoms with Crippen LogP contribution >= 0.6 is 11.6 Å². The lowest BCUT2D eigenvalue weighted by atomic mass is 10.2. The van der Waals surface area contributed by atoms with E-state index < -0.39 is 5.82 Å². The second kappa shape index (κ2) is 5.77. The molecule has 0 saturated carbocycles. The highest BCUT2D eigenvalue weighted by Crippen LogP contribution is 2.16. The van der Waals surface area contributed by atoms with Gasteiger partial charge in [-0.2, -0.15) is 0 Å². The van der Waals surface area contributed by atoms with Gasteiger partial charge in [0.15, 0.2) is 0 Å². The Balaban J connectivity index is 3.01. The van der Waals surface area contributed by atoms with E-state index in [0.29, 0.717) is 13.1 Å². The Hall–Kier alpha value is -1.42. The van der Waals surface area contributed by atoms with Crippen LogP contribution in [0.2, 0.25) is 5.15 Å². The highest BCUT2D eigenvalue weighted by molar-refractivity contribution is 6.32. The Labute approximate surface area is 105 Å². The Kier molecular flexibility index (Phi) is 4.63. The zero-order chi connectivity index (χ0) is 13.0. The normalized spacial score (nSPS) is 10.1. The second-order valence-electron chi connectivity index (χ2n) is 3.77. The Morgan fingerprint density at radius 2 is 2.29 bits per heavy atom. The van der Waals surface area contributed by atoms with Gasteiger partial charge in [-0.3, -0.25) is 4.79 Å². The number of aromatic nitrogens is 1. The van der Waals surface area contributed by atoms with Crippen LogP contribution in [0, 0.1) is 5.82 Å². The van der Waals surface area contributed by atoms with Crippen molar-refractivity contribution in [3.8, 4) is 0 Å². The molecule has 0 aliphatic heterocycles. The van der Waals surface area contributed by atoms with Crippen LogP contribution in [0.25, 0.3) is 0 Å². The van der Waals surface area contributed by atoms with Gasteiger partial charge >= 0.3 is 0 Å². The van der Waals surface area contributed by atoms with Crippen LogP contribution in [0.5, 0.6) is 0 Å². The van der Waals surface area contributed by atoms with Crippen molar-refractivity contribution in [2.45, 2.75) is 13.8 Å². The molecule has 0 spiro atoms. The fourth-order valence-corrected chi connectivity index (χ4v) is 1.58. The fourth-order valence-electron chi connectivity index (χ4n) is 1.40. The number of pyridine rings is 1. The first-order valence-corrected chi connectivity index (χ1v) is 5.58. The largest absolute Gasteiger partial charge is 0.335 e. The van der Waals surface area contributed by atoms with Gasteiger partial charge in [-0.05, 0) is 19.9 Å². The minimum Gasteiger partial charge on any atom is -0.335 e. The smallest absolute Gasteiger partial charge is 0.257 e. The third-order valence-corrected chi connectivity index (χ3v) is 2.47. The van der Waals surface area contributed by atoms with Crippen LogP contribution in [0.3, 0.4) is 0 Å². The van der Waals surface area contributed by atoms with E-state index in [9.17, 15) is 9.18 Å². The van der Waals surface area contributed by atoms with Gasteiger partial charge < -0.3 is 4.90 Å². The summed E-state index contributed by atoms with van der Waals surface area (Å²) >= 11 is 5.78. The van der Waals surface area contributed by atoms with E-state index in [-0.39, 0.29) is 16.6 Å². The Morgan fingerprint density at radius 3 is 2.82 bits per heavy atom. The summed E-state index contributed by atoms with van der Waals surface area (Å²) in [4.78, 5) is 17.2. The van der Waals surface area contributed by atoms with Gasteiger partial charge in [-0.15, -0.1) is 0 Å². The van der Waals surface area contributed by atoms with Crippen molar-refractivity contribution in [3.63, 3.8) is 0 Å². The average Bonchev–Trinajstić information content (AvgIpc) is 2.28. The minimum absolute atomic E-state index is 0.0107. The van der Waals surface area contributed by atoms with Crippen LogP contribution in [0.15, 0.2) is 24.4 Å². The van der Waals surface area contributed by atoms with E-state index in [1.165, 1.54) is 4.90 Å². The molecule has 0 radical (unpaired) electrons.